The van der Waals surface area contributed by atoms with Crippen LogP contribution in [0.3, 0.4) is 0 Å². The van der Waals surface area contributed by atoms with Crippen LogP contribution < -0.4 is 5.73 Å². The van der Waals surface area contributed by atoms with E-state index in [1.54, 1.807) is 11.3 Å². The van der Waals surface area contributed by atoms with E-state index in [4.69, 9.17) is 17.3 Å². The predicted octanol–water partition coefficient (Wildman–Crippen LogP) is 4.54. The third kappa shape index (κ3) is 3.78. The first kappa shape index (κ1) is 13.0. The van der Waals surface area contributed by atoms with E-state index >= 15 is 0 Å². The van der Waals surface area contributed by atoms with Gasteiger partial charge in [-0.2, -0.15) is 0 Å². The van der Waals surface area contributed by atoms with E-state index in [9.17, 15) is 0 Å². The highest BCUT2D eigenvalue weighted by Gasteiger charge is 2.17. The van der Waals surface area contributed by atoms with Crippen LogP contribution in [0.5, 0.6) is 0 Å². The quantitative estimate of drug-likeness (QED) is 0.832. The van der Waals surface area contributed by atoms with Gasteiger partial charge in [0.15, 0.2) is 0 Å². The molecule has 1 unspecified atom stereocenters. The van der Waals surface area contributed by atoms with Gasteiger partial charge >= 0.3 is 0 Å². The van der Waals surface area contributed by atoms with Gasteiger partial charge < -0.3 is 5.73 Å². The van der Waals surface area contributed by atoms with E-state index in [1.165, 1.54) is 0 Å². The lowest BCUT2D eigenvalue weighted by Crippen LogP contribution is -2.14. The predicted molar refractivity (Wildman–Crippen MR) is 69.7 cm³/mol. The minimum absolute atomic E-state index is 0.0930. The molecule has 0 aliphatic rings. The molecule has 0 saturated heterocycles. The average molecular weight is 246 g/mol. The maximum absolute atomic E-state index is 6.18. The minimum atomic E-state index is 0.0930. The van der Waals surface area contributed by atoms with Crippen molar-refractivity contribution in [2.24, 2.45) is 11.1 Å². The maximum Gasteiger partial charge on any atom is 0.0590 e. The summed E-state index contributed by atoms with van der Waals surface area (Å²) in [5, 5.41) is 2.94. The lowest BCUT2D eigenvalue weighted by Gasteiger charge is -2.20. The summed E-state index contributed by atoms with van der Waals surface area (Å²) in [5.41, 5.74) is 7.63. The van der Waals surface area contributed by atoms with Gasteiger partial charge in [0, 0.05) is 10.9 Å². The second-order valence-electron chi connectivity index (χ2n) is 5.30. The Kier molecular flexibility index (Phi) is 4.21. The van der Waals surface area contributed by atoms with Gasteiger partial charge in [0.2, 0.25) is 0 Å². The van der Waals surface area contributed by atoms with E-state index < -0.39 is 0 Å². The molecule has 1 atom stereocenters. The van der Waals surface area contributed by atoms with Crippen LogP contribution in [0.4, 0.5) is 0 Å². The number of hydrogen-bond donors (Lipinski definition) is 1. The summed E-state index contributed by atoms with van der Waals surface area (Å²) in [6.07, 6.45) is 2.13. The SMILES string of the molecule is Cc1csc(C(N)CCC(C)(C)C)c1Cl. The Hall–Kier alpha value is -0.0500. The van der Waals surface area contributed by atoms with Crippen molar-refractivity contribution in [3.05, 3.63) is 20.8 Å². The zero-order chi connectivity index (χ0) is 11.6. The first-order chi connectivity index (χ1) is 6.81. The summed E-state index contributed by atoms with van der Waals surface area (Å²) < 4.78 is 0. The van der Waals surface area contributed by atoms with Crippen molar-refractivity contribution >= 4 is 22.9 Å². The van der Waals surface area contributed by atoms with Crippen molar-refractivity contribution in [3.8, 4) is 0 Å². The Morgan fingerprint density at radius 1 is 1.47 bits per heavy atom. The standard InChI is InChI=1S/C12H20ClNS/c1-8-7-15-11(10(8)13)9(14)5-6-12(2,3)4/h7,9H,5-6,14H2,1-4H3. The van der Waals surface area contributed by atoms with Gasteiger partial charge in [0.1, 0.15) is 0 Å². The van der Waals surface area contributed by atoms with Gasteiger partial charge in [-0.25, -0.2) is 0 Å². The van der Waals surface area contributed by atoms with E-state index in [-0.39, 0.29) is 6.04 Å². The smallest absolute Gasteiger partial charge is 0.0590 e. The first-order valence-electron chi connectivity index (χ1n) is 5.30. The molecular weight excluding hydrogens is 226 g/mol. The third-order valence-electron chi connectivity index (χ3n) is 2.47. The van der Waals surface area contributed by atoms with Gasteiger partial charge in [-0.3, -0.25) is 0 Å². The molecule has 1 rings (SSSR count). The highest BCUT2D eigenvalue weighted by atomic mass is 35.5. The Morgan fingerprint density at radius 3 is 2.47 bits per heavy atom. The number of halogens is 1. The molecule has 15 heavy (non-hydrogen) atoms. The van der Waals surface area contributed by atoms with Crippen LogP contribution in [-0.4, -0.2) is 0 Å². The van der Waals surface area contributed by atoms with Gasteiger partial charge in [-0.05, 0) is 36.1 Å². The molecule has 0 saturated carbocycles. The molecule has 1 heterocycles. The molecule has 0 aliphatic carbocycles. The van der Waals surface area contributed by atoms with Crippen molar-refractivity contribution in [2.45, 2.75) is 46.6 Å². The van der Waals surface area contributed by atoms with Crippen LogP contribution in [0.15, 0.2) is 5.38 Å². The fourth-order valence-corrected chi connectivity index (χ4v) is 2.79. The molecule has 1 nitrogen and oxygen atoms in total. The molecule has 2 N–H and O–H groups in total. The second-order valence-corrected chi connectivity index (χ2v) is 6.59. The molecule has 0 bridgehead atoms. The van der Waals surface area contributed by atoms with E-state index in [1.807, 2.05) is 6.92 Å². The lowest BCUT2D eigenvalue weighted by atomic mass is 9.88. The molecule has 0 radical (unpaired) electrons. The molecular formula is C12H20ClNS. The third-order valence-corrected chi connectivity index (χ3v) is 4.31. The van der Waals surface area contributed by atoms with Gasteiger partial charge in [0.05, 0.1) is 5.02 Å². The molecule has 0 aromatic carbocycles. The van der Waals surface area contributed by atoms with E-state index in [2.05, 4.69) is 26.2 Å². The van der Waals surface area contributed by atoms with Gasteiger partial charge in [-0.15, -0.1) is 11.3 Å². The van der Waals surface area contributed by atoms with Crippen molar-refractivity contribution < 1.29 is 0 Å². The Bertz CT molecular complexity index is 325. The summed E-state index contributed by atoms with van der Waals surface area (Å²) >= 11 is 7.86. The molecule has 0 fully saturated rings. The molecule has 0 spiro atoms. The minimum Gasteiger partial charge on any atom is -0.323 e. The molecule has 1 aromatic heterocycles. The number of hydrogen-bond acceptors (Lipinski definition) is 2. The van der Waals surface area contributed by atoms with Crippen LogP contribution in [0.25, 0.3) is 0 Å². The Balaban J connectivity index is 2.62. The van der Waals surface area contributed by atoms with E-state index in [0.29, 0.717) is 5.41 Å². The van der Waals surface area contributed by atoms with Crippen molar-refractivity contribution in [3.63, 3.8) is 0 Å². The van der Waals surface area contributed by atoms with Gasteiger partial charge in [0.25, 0.3) is 0 Å². The summed E-state index contributed by atoms with van der Waals surface area (Å²) in [7, 11) is 0. The largest absolute Gasteiger partial charge is 0.323 e. The number of aryl methyl sites for hydroxylation is 1. The van der Waals surface area contributed by atoms with Crippen LogP contribution in [0.1, 0.15) is 50.1 Å². The maximum atomic E-state index is 6.18. The van der Waals surface area contributed by atoms with Crippen LogP contribution in [0, 0.1) is 12.3 Å². The normalized spacial score (nSPS) is 14.3. The highest BCUT2D eigenvalue weighted by Crippen LogP contribution is 2.35. The number of thiophene rings is 1. The zero-order valence-corrected chi connectivity index (χ0v) is 11.5. The summed E-state index contributed by atoms with van der Waals surface area (Å²) in [6, 6.07) is 0.0930. The summed E-state index contributed by atoms with van der Waals surface area (Å²) in [5.74, 6) is 0. The molecule has 0 aliphatic heterocycles. The number of rotatable bonds is 3. The van der Waals surface area contributed by atoms with Crippen molar-refractivity contribution in [1.29, 1.82) is 0 Å². The Labute approximate surface area is 102 Å². The second kappa shape index (κ2) is 4.86. The number of nitrogens with two attached hydrogens (primary N) is 1. The monoisotopic (exact) mass is 245 g/mol. The average Bonchev–Trinajstić information content (AvgIpc) is 2.43. The van der Waals surface area contributed by atoms with E-state index in [0.717, 1.165) is 28.3 Å². The Morgan fingerprint density at radius 2 is 2.07 bits per heavy atom. The fourth-order valence-electron chi connectivity index (χ4n) is 1.42. The molecule has 3 heteroatoms. The first-order valence-corrected chi connectivity index (χ1v) is 6.56. The molecule has 0 amide bonds. The van der Waals surface area contributed by atoms with Crippen LogP contribution in [-0.2, 0) is 0 Å². The topological polar surface area (TPSA) is 26.0 Å². The van der Waals surface area contributed by atoms with Crippen molar-refractivity contribution in [2.75, 3.05) is 0 Å². The highest BCUT2D eigenvalue weighted by molar-refractivity contribution is 7.10. The summed E-state index contributed by atoms with van der Waals surface area (Å²) in [6.45, 7) is 8.74. The van der Waals surface area contributed by atoms with Crippen LogP contribution in [0.2, 0.25) is 5.02 Å². The lowest BCUT2D eigenvalue weighted by molar-refractivity contribution is 0.351. The molecule has 1 aromatic rings. The van der Waals surface area contributed by atoms with Crippen molar-refractivity contribution in [1.82, 2.24) is 0 Å². The zero-order valence-electron chi connectivity index (χ0n) is 9.93. The summed E-state index contributed by atoms with van der Waals surface area (Å²) in [4.78, 5) is 1.14. The fraction of sp³-hybridized carbons (Fsp3) is 0.667. The van der Waals surface area contributed by atoms with Gasteiger partial charge in [-0.1, -0.05) is 32.4 Å². The molecule has 86 valence electrons. The van der Waals surface area contributed by atoms with Crippen LogP contribution >= 0.6 is 22.9 Å².